The Morgan fingerprint density at radius 3 is 3.12 bits per heavy atom. The molecule has 0 aromatic heterocycles. The first kappa shape index (κ1) is 11.0. The van der Waals surface area contributed by atoms with Gasteiger partial charge in [-0.3, -0.25) is 0 Å². The summed E-state index contributed by atoms with van der Waals surface area (Å²) in [4.78, 5) is 10.8. The van der Waals surface area contributed by atoms with E-state index in [-0.39, 0.29) is 0 Å². The van der Waals surface area contributed by atoms with Gasteiger partial charge in [0.15, 0.2) is 0 Å². The molecule has 86 valence electrons. The summed E-state index contributed by atoms with van der Waals surface area (Å²) in [5.41, 5.74) is 1.26. The van der Waals surface area contributed by atoms with Crippen molar-refractivity contribution in [3.05, 3.63) is 29.3 Å². The molecule has 4 nitrogen and oxygen atoms in total. The number of methoxy groups -OCH3 is 1. The second-order valence-electron chi connectivity index (χ2n) is 3.96. The van der Waals surface area contributed by atoms with E-state index in [4.69, 9.17) is 14.6 Å². The highest BCUT2D eigenvalue weighted by atomic mass is 16.5. The summed E-state index contributed by atoms with van der Waals surface area (Å²) in [7, 11) is 1.66. The SMILES string of the molecule is COCC1COc2ccc(C(=O)O)cc2C1. The van der Waals surface area contributed by atoms with Crippen LogP contribution in [0.15, 0.2) is 18.2 Å². The van der Waals surface area contributed by atoms with Gasteiger partial charge in [0.05, 0.1) is 18.8 Å². The Balaban J connectivity index is 2.21. The summed E-state index contributed by atoms with van der Waals surface area (Å²) >= 11 is 0. The maximum absolute atomic E-state index is 10.8. The molecule has 0 saturated heterocycles. The molecule has 0 bridgehead atoms. The molecule has 1 atom stereocenters. The van der Waals surface area contributed by atoms with Gasteiger partial charge in [-0.15, -0.1) is 0 Å². The Labute approximate surface area is 93.8 Å². The van der Waals surface area contributed by atoms with Crippen molar-refractivity contribution in [1.82, 2.24) is 0 Å². The number of hydrogen-bond donors (Lipinski definition) is 1. The fourth-order valence-electron chi connectivity index (χ4n) is 1.93. The second-order valence-corrected chi connectivity index (χ2v) is 3.96. The Bertz CT molecular complexity index is 400. The van der Waals surface area contributed by atoms with Gasteiger partial charge in [-0.1, -0.05) is 0 Å². The average Bonchev–Trinajstić information content (AvgIpc) is 2.28. The lowest BCUT2D eigenvalue weighted by Crippen LogP contribution is -2.24. The van der Waals surface area contributed by atoms with Gasteiger partial charge in [-0.05, 0) is 30.2 Å². The van der Waals surface area contributed by atoms with Crippen molar-refractivity contribution in [2.24, 2.45) is 5.92 Å². The number of aromatic carboxylic acids is 1. The molecule has 2 rings (SSSR count). The summed E-state index contributed by atoms with van der Waals surface area (Å²) < 4.78 is 10.6. The van der Waals surface area contributed by atoms with Gasteiger partial charge >= 0.3 is 5.97 Å². The Morgan fingerprint density at radius 1 is 1.62 bits per heavy atom. The third kappa shape index (κ3) is 2.17. The molecule has 1 aromatic rings. The predicted molar refractivity (Wildman–Crippen MR) is 58.0 cm³/mol. The molecule has 1 aromatic carbocycles. The van der Waals surface area contributed by atoms with Crippen molar-refractivity contribution < 1.29 is 19.4 Å². The molecule has 0 aliphatic carbocycles. The van der Waals surface area contributed by atoms with Crippen molar-refractivity contribution in [2.75, 3.05) is 20.3 Å². The lowest BCUT2D eigenvalue weighted by molar-refractivity contribution is 0.0696. The number of carboxylic acid groups (broad SMARTS) is 1. The number of hydrogen-bond acceptors (Lipinski definition) is 3. The quantitative estimate of drug-likeness (QED) is 0.843. The number of rotatable bonds is 3. The smallest absolute Gasteiger partial charge is 0.335 e. The van der Waals surface area contributed by atoms with E-state index in [9.17, 15) is 4.79 Å². The molecule has 0 radical (unpaired) electrons. The minimum absolute atomic E-state index is 0.306. The van der Waals surface area contributed by atoms with E-state index in [1.807, 2.05) is 0 Å². The van der Waals surface area contributed by atoms with Gasteiger partial charge in [-0.25, -0.2) is 4.79 Å². The summed E-state index contributed by atoms with van der Waals surface area (Å²) in [6, 6.07) is 4.97. The first-order valence-corrected chi connectivity index (χ1v) is 5.18. The van der Waals surface area contributed by atoms with Gasteiger partial charge < -0.3 is 14.6 Å². The highest BCUT2D eigenvalue weighted by Crippen LogP contribution is 2.28. The fourth-order valence-corrected chi connectivity index (χ4v) is 1.93. The number of carboxylic acids is 1. The zero-order chi connectivity index (χ0) is 11.5. The van der Waals surface area contributed by atoms with Crippen LogP contribution in [0.2, 0.25) is 0 Å². The molecule has 16 heavy (non-hydrogen) atoms. The van der Waals surface area contributed by atoms with Crippen LogP contribution >= 0.6 is 0 Å². The van der Waals surface area contributed by atoms with Crippen molar-refractivity contribution in [3.63, 3.8) is 0 Å². The molecule has 1 unspecified atom stereocenters. The van der Waals surface area contributed by atoms with Crippen molar-refractivity contribution in [1.29, 1.82) is 0 Å². The van der Waals surface area contributed by atoms with Crippen LogP contribution < -0.4 is 4.74 Å². The van der Waals surface area contributed by atoms with Crippen molar-refractivity contribution >= 4 is 5.97 Å². The van der Waals surface area contributed by atoms with E-state index in [1.165, 1.54) is 0 Å². The van der Waals surface area contributed by atoms with Crippen LogP contribution in [0.25, 0.3) is 0 Å². The van der Waals surface area contributed by atoms with Gasteiger partial charge in [0.25, 0.3) is 0 Å². The first-order valence-electron chi connectivity index (χ1n) is 5.18. The summed E-state index contributed by atoms with van der Waals surface area (Å²) in [6.45, 7) is 1.27. The lowest BCUT2D eigenvalue weighted by atomic mass is 9.96. The number of carbonyl (C=O) groups is 1. The topological polar surface area (TPSA) is 55.8 Å². The van der Waals surface area contributed by atoms with Gasteiger partial charge in [-0.2, -0.15) is 0 Å². The molecular weight excluding hydrogens is 208 g/mol. The van der Waals surface area contributed by atoms with E-state index >= 15 is 0 Å². The predicted octanol–water partition coefficient (Wildman–Crippen LogP) is 1.58. The largest absolute Gasteiger partial charge is 0.493 e. The molecule has 0 saturated carbocycles. The summed E-state index contributed by atoms with van der Waals surface area (Å²) in [6.07, 6.45) is 0.810. The second kappa shape index (κ2) is 4.53. The van der Waals surface area contributed by atoms with Crippen LogP contribution in [-0.2, 0) is 11.2 Å². The van der Waals surface area contributed by atoms with Crippen LogP contribution in [-0.4, -0.2) is 31.4 Å². The van der Waals surface area contributed by atoms with Crippen molar-refractivity contribution in [2.45, 2.75) is 6.42 Å². The number of benzene rings is 1. The van der Waals surface area contributed by atoms with E-state index in [0.29, 0.717) is 24.7 Å². The standard InChI is InChI=1S/C12H14O4/c1-15-6-8-4-10-5-9(12(13)14)2-3-11(10)16-7-8/h2-3,5,8H,4,6-7H2,1H3,(H,13,14). The number of fused-ring (bicyclic) bond motifs is 1. The van der Waals surface area contributed by atoms with Gasteiger partial charge in [0.1, 0.15) is 5.75 Å². The first-order chi connectivity index (χ1) is 7.70. The van der Waals surface area contributed by atoms with Crippen LogP contribution in [0.1, 0.15) is 15.9 Å². The van der Waals surface area contributed by atoms with E-state index < -0.39 is 5.97 Å². The summed E-state index contributed by atoms with van der Waals surface area (Å²) in [5.74, 6) is 0.190. The lowest BCUT2D eigenvalue weighted by Gasteiger charge is -2.24. The third-order valence-corrected chi connectivity index (χ3v) is 2.69. The highest BCUT2D eigenvalue weighted by Gasteiger charge is 2.20. The van der Waals surface area contributed by atoms with E-state index in [0.717, 1.165) is 17.7 Å². The molecule has 4 heteroatoms. The van der Waals surface area contributed by atoms with Crippen LogP contribution in [0.4, 0.5) is 0 Å². The highest BCUT2D eigenvalue weighted by molar-refractivity contribution is 5.88. The monoisotopic (exact) mass is 222 g/mol. The summed E-state index contributed by atoms with van der Waals surface area (Å²) in [5, 5.41) is 8.89. The third-order valence-electron chi connectivity index (χ3n) is 2.69. The normalized spacial score (nSPS) is 18.7. The van der Waals surface area contributed by atoms with Crippen LogP contribution in [0.3, 0.4) is 0 Å². The molecule has 0 spiro atoms. The van der Waals surface area contributed by atoms with E-state index in [1.54, 1.807) is 25.3 Å². The van der Waals surface area contributed by atoms with E-state index in [2.05, 4.69) is 0 Å². The zero-order valence-corrected chi connectivity index (χ0v) is 9.10. The van der Waals surface area contributed by atoms with Crippen molar-refractivity contribution in [3.8, 4) is 5.75 Å². The molecule has 0 fully saturated rings. The maximum Gasteiger partial charge on any atom is 0.335 e. The maximum atomic E-state index is 10.8. The molecule has 0 amide bonds. The minimum atomic E-state index is -0.906. The van der Waals surface area contributed by atoms with Gasteiger partial charge in [0, 0.05) is 13.0 Å². The minimum Gasteiger partial charge on any atom is -0.493 e. The Kier molecular flexibility index (Phi) is 3.10. The van der Waals surface area contributed by atoms with Crippen LogP contribution in [0.5, 0.6) is 5.75 Å². The number of ether oxygens (including phenoxy) is 2. The molecular formula is C12H14O4. The van der Waals surface area contributed by atoms with Crippen LogP contribution in [0, 0.1) is 5.92 Å². The molecule has 1 N–H and O–H groups in total. The van der Waals surface area contributed by atoms with Gasteiger partial charge in [0.2, 0.25) is 0 Å². The Hall–Kier alpha value is -1.55. The molecule has 1 aliphatic heterocycles. The fraction of sp³-hybridized carbons (Fsp3) is 0.417. The molecule has 1 aliphatic rings. The average molecular weight is 222 g/mol. The zero-order valence-electron chi connectivity index (χ0n) is 9.10. The molecule has 1 heterocycles. The Morgan fingerprint density at radius 2 is 2.44 bits per heavy atom.